The largest absolute Gasteiger partial charge is 0.266 e. The third kappa shape index (κ3) is 2.37. The van der Waals surface area contributed by atoms with Crippen LogP contribution in [0.1, 0.15) is 43.8 Å². The maximum atomic E-state index is 11.2. The van der Waals surface area contributed by atoms with Crippen molar-refractivity contribution in [1.29, 1.82) is 0 Å². The molecule has 0 amide bonds. The van der Waals surface area contributed by atoms with Gasteiger partial charge < -0.3 is 0 Å². The molecule has 1 aromatic heterocycles. The summed E-state index contributed by atoms with van der Waals surface area (Å²) in [4.78, 5) is 4.05. The zero-order valence-electron chi connectivity index (χ0n) is 8.73. The minimum Gasteiger partial charge on any atom is -0.262 e. The van der Waals surface area contributed by atoms with Gasteiger partial charge in [0.05, 0.1) is 0 Å². The topological polar surface area (TPSA) is 75.7 Å². The molecule has 0 radical (unpaired) electrons. The van der Waals surface area contributed by atoms with Crippen molar-refractivity contribution in [3.05, 3.63) is 5.82 Å². The van der Waals surface area contributed by atoms with Crippen molar-refractivity contribution in [2.75, 3.05) is 6.26 Å². The van der Waals surface area contributed by atoms with E-state index in [-0.39, 0.29) is 5.16 Å². The molecular formula is C9H15N3O2S. The van der Waals surface area contributed by atoms with E-state index in [0.29, 0.717) is 5.92 Å². The predicted octanol–water partition coefficient (Wildman–Crippen LogP) is 1.26. The van der Waals surface area contributed by atoms with Gasteiger partial charge in [-0.1, -0.05) is 19.3 Å². The fourth-order valence-corrected chi connectivity index (χ4v) is 2.46. The monoisotopic (exact) mass is 229 g/mol. The van der Waals surface area contributed by atoms with E-state index in [2.05, 4.69) is 15.2 Å². The third-order valence-electron chi connectivity index (χ3n) is 2.81. The van der Waals surface area contributed by atoms with Gasteiger partial charge in [-0.05, 0) is 12.8 Å². The van der Waals surface area contributed by atoms with Crippen LogP contribution in [0.3, 0.4) is 0 Å². The Bertz CT molecular complexity index is 432. The minimum absolute atomic E-state index is 0.0805. The molecule has 0 saturated heterocycles. The lowest BCUT2D eigenvalue weighted by molar-refractivity contribution is 0.429. The fraction of sp³-hybridized carbons (Fsp3) is 0.778. The van der Waals surface area contributed by atoms with Crippen LogP contribution in [0.2, 0.25) is 0 Å². The van der Waals surface area contributed by atoms with Gasteiger partial charge in [0, 0.05) is 12.2 Å². The molecular weight excluding hydrogens is 214 g/mol. The Labute approximate surface area is 89.2 Å². The number of nitrogens with zero attached hydrogens (tertiary/aromatic N) is 2. The molecule has 0 aromatic carbocycles. The molecule has 0 spiro atoms. The molecule has 0 bridgehead atoms. The number of hydrogen-bond donors (Lipinski definition) is 1. The average molecular weight is 229 g/mol. The molecule has 0 aliphatic heterocycles. The molecule has 1 aliphatic carbocycles. The van der Waals surface area contributed by atoms with Crippen LogP contribution >= 0.6 is 0 Å². The number of sulfone groups is 1. The highest BCUT2D eigenvalue weighted by Crippen LogP contribution is 2.30. The highest BCUT2D eigenvalue weighted by molar-refractivity contribution is 7.90. The molecule has 1 N–H and O–H groups in total. The molecule has 0 unspecified atom stereocenters. The molecule has 15 heavy (non-hydrogen) atoms. The summed E-state index contributed by atoms with van der Waals surface area (Å²) in [5.41, 5.74) is 0. The molecule has 2 rings (SSSR count). The van der Waals surface area contributed by atoms with E-state index in [1.165, 1.54) is 19.3 Å². The van der Waals surface area contributed by atoms with Gasteiger partial charge in [0.1, 0.15) is 5.82 Å². The summed E-state index contributed by atoms with van der Waals surface area (Å²) in [6.45, 7) is 0. The molecule has 84 valence electrons. The summed E-state index contributed by atoms with van der Waals surface area (Å²) in [6.07, 6.45) is 6.94. The Hall–Kier alpha value is -0.910. The van der Waals surface area contributed by atoms with Crippen molar-refractivity contribution in [1.82, 2.24) is 15.2 Å². The number of aromatic amines is 1. The van der Waals surface area contributed by atoms with Crippen LogP contribution in [0.5, 0.6) is 0 Å². The lowest BCUT2D eigenvalue weighted by Crippen LogP contribution is -2.06. The Balaban J connectivity index is 2.19. The Morgan fingerprint density at radius 2 is 1.93 bits per heavy atom. The maximum Gasteiger partial charge on any atom is 0.266 e. The lowest BCUT2D eigenvalue weighted by Gasteiger charge is -2.18. The van der Waals surface area contributed by atoms with E-state index in [0.717, 1.165) is 24.9 Å². The second-order valence-corrected chi connectivity index (χ2v) is 6.02. The van der Waals surface area contributed by atoms with Gasteiger partial charge in [-0.25, -0.2) is 13.4 Å². The standard InChI is InChI=1S/C9H15N3O2S/c1-15(13,14)9-10-8(11-12-9)7-5-3-2-4-6-7/h7H,2-6H2,1H3,(H,10,11,12). The Morgan fingerprint density at radius 1 is 1.27 bits per heavy atom. The first kappa shape index (κ1) is 10.6. The SMILES string of the molecule is CS(=O)(=O)c1n[nH]c(C2CCCCC2)n1. The molecule has 1 heterocycles. The average Bonchev–Trinajstić information content (AvgIpc) is 2.67. The van der Waals surface area contributed by atoms with E-state index < -0.39 is 9.84 Å². The van der Waals surface area contributed by atoms with E-state index in [9.17, 15) is 8.42 Å². The summed E-state index contributed by atoms with van der Waals surface area (Å²) in [5.74, 6) is 1.09. The van der Waals surface area contributed by atoms with Crippen LogP contribution in [0.4, 0.5) is 0 Å². The number of aromatic nitrogens is 3. The summed E-state index contributed by atoms with van der Waals surface area (Å²) in [7, 11) is -3.27. The smallest absolute Gasteiger partial charge is 0.262 e. The van der Waals surface area contributed by atoms with Crippen LogP contribution in [-0.4, -0.2) is 29.9 Å². The van der Waals surface area contributed by atoms with Crippen LogP contribution < -0.4 is 0 Å². The van der Waals surface area contributed by atoms with E-state index in [4.69, 9.17) is 0 Å². The van der Waals surface area contributed by atoms with Crippen molar-refractivity contribution >= 4 is 9.84 Å². The van der Waals surface area contributed by atoms with Gasteiger partial charge in [-0.15, -0.1) is 5.10 Å². The highest BCUT2D eigenvalue weighted by Gasteiger charge is 2.21. The zero-order chi connectivity index (χ0) is 10.9. The van der Waals surface area contributed by atoms with Crippen molar-refractivity contribution in [2.24, 2.45) is 0 Å². The van der Waals surface area contributed by atoms with Crippen LogP contribution in [0.25, 0.3) is 0 Å². The van der Waals surface area contributed by atoms with Gasteiger partial charge in [0.15, 0.2) is 0 Å². The first-order valence-electron chi connectivity index (χ1n) is 5.20. The Morgan fingerprint density at radius 3 is 2.47 bits per heavy atom. The molecule has 6 heteroatoms. The van der Waals surface area contributed by atoms with Crippen LogP contribution in [-0.2, 0) is 9.84 Å². The number of H-pyrrole nitrogens is 1. The fourth-order valence-electron chi connectivity index (χ4n) is 1.98. The molecule has 1 aromatic rings. The zero-order valence-corrected chi connectivity index (χ0v) is 9.55. The van der Waals surface area contributed by atoms with E-state index in [1.54, 1.807) is 0 Å². The normalized spacial score (nSPS) is 19.3. The van der Waals surface area contributed by atoms with Crippen LogP contribution in [0.15, 0.2) is 5.16 Å². The summed E-state index contributed by atoms with van der Waals surface area (Å²) < 4.78 is 22.4. The van der Waals surface area contributed by atoms with Gasteiger partial charge in [-0.3, -0.25) is 5.10 Å². The summed E-state index contributed by atoms with van der Waals surface area (Å²) >= 11 is 0. The van der Waals surface area contributed by atoms with Crippen molar-refractivity contribution < 1.29 is 8.42 Å². The first-order chi connectivity index (χ1) is 7.07. The predicted molar refractivity (Wildman–Crippen MR) is 55.3 cm³/mol. The highest BCUT2D eigenvalue weighted by atomic mass is 32.2. The quantitative estimate of drug-likeness (QED) is 0.828. The lowest BCUT2D eigenvalue weighted by atomic mass is 9.89. The van der Waals surface area contributed by atoms with E-state index in [1.807, 2.05) is 0 Å². The molecule has 5 nitrogen and oxygen atoms in total. The van der Waals surface area contributed by atoms with Gasteiger partial charge in [-0.2, -0.15) is 0 Å². The number of hydrogen-bond acceptors (Lipinski definition) is 4. The van der Waals surface area contributed by atoms with Gasteiger partial charge in [0.2, 0.25) is 9.84 Å². The maximum absolute atomic E-state index is 11.2. The van der Waals surface area contributed by atoms with Crippen molar-refractivity contribution in [3.63, 3.8) is 0 Å². The van der Waals surface area contributed by atoms with Crippen LogP contribution in [0, 0.1) is 0 Å². The van der Waals surface area contributed by atoms with Gasteiger partial charge >= 0.3 is 0 Å². The summed E-state index contributed by atoms with van der Waals surface area (Å²) in [6, 6.07) is 0. The second-order valence-electron chi connectivity index (χ2n) is 4.11. The van der Waals surface area contributed by atoms with Crippen molar-refractivity contribution in [3.8, 4) is 0 Å². The number of rotatable bonds is 2. The molecule has 1 saturated carbocycles. The summed E-state index contributed by atoms with van der Waals surface area (Å²) in [5, 5.41) is 6.40. The minimum atomic E-state index is -3.27. The number of nitrogens with one attached hydrogen (secondary N) is 1. The van der Waals surface area contributed by atoms with E-state index >= 15 is 0 Å². The molecule has 0 atom stereocenters. The van der Waals surface area contributed by atoms with Gasteiger partial charge in [0.25, 0.3) is 5.16 Å². The molecule has 1 fully saturated rings. The third-order valence-corrected chi connectivity index (χ3v) is 3.65. The van der Waals surface area contributed by atoms with Crippen molar-refractivity contribution in [2.45, 2.75) is 43.2 Å². The molecule has 1 aliphatic rings. The Kier molecular flexibility index (Phi) is 2.77. The second kappa shape index (κ2) is 3.92. The first-order valence-corrected chi connectivity index (χ1v) is 7.09.